The molecule has 0 saturated heterocycles. The lowest BCUT2D eigenvalue weighted by Gasteiger charge is -2.05. The molecule has 1 aromatic rings. The van der Waals surface area contributed by atoms with Gasteiger partial charge in [-0.25, -0.2) is 8.78 Å². The van der Waals surface area contributed by atoms with E-state index < -0.39 is 24.2 Å². The van der Waals surface area contributed by atoms with E-state index in [9.17, 15) is 13.6 Å². The quantitative estimate of drug-likeness (QED) is 0.775. The van der Waals surface area contributed by atoms with Crippen LogP contribution in [0.3, 0.4) is 0 Å². The topological polar surface area (TPSA) is 53.1 Å². The van der Waals surface area contributed by atoms with Crippen LogP contribution in [0.25, 0.3) is 0 Å². The second-order valence-corrected chi connectivity index (χ2v) is 2.72. The second-order valence-electron chi connectivity index (χ2n) is 2.32. The number of nitrogens with one attached hydrogen (secondary N) is 1. The fourth-order valence-electron chi connectivity index (χ4n) is 0.912. The molecule has 0 fully saturated rings. The highest BCUT2D eigenvalue weighted by Gasteiger charge is 2.16. The number of hydrogen-bond acceptors (Lipinski definition) is 2. The van der Waals surface area contributed by atoms with Crippen molar-refractivity contribution in [2.24, 2.45) is 0 Å². The van der Waals surface area contributed by atoms with Crippen molar-refractivity contribution in [3.05, 3.63) is 32.7 Å². The van der Waals surface area contributed by atoms with Crippen molar-refractivity contribution in [2.75, 3.05) is 0 Å². The monoisotopic (exact) mass is 209 g/mol. The summed E-state index contributed by atoms with van der Waals surface area (Å²) in [6.07, 6.45) is -1.85. The van der Waals surface area contributed by atoms with E-state index in [4.69, 9.17) is 16.7 Å². The molecular weight excluding hydrogens is 204 g/mol. The van der Waals surface area contributed by atoms with E-state index in [2.05, 4.69) is 4.98 Å². The van der Waals surface area contributed by atoms with Crippen LogP contribution >= 0.6 is 11.6 Å². The minimum atomic E-state index is -2.83. The first-order valence-electron chi connectivity index (χ1n) is 3.37. The minimum Gasteiger partial charge on any atom is -0.391 e. The van der Waals surface area contributed by atoms with E-state index in [-0.39, 0.29) is 10.6 Å². The Morgan fingerprint density at radius 1 is 1.62 bits per heavy atom. The molecule has 0 amide bonds. The summed E-state index contributed by atoms with van der Waals surface area (Å²) in [6, 6.07) is 0. The van der Waals surface area contributed by atoms with Gasteiger partial charge in [0.25, 0.3) is 6.43 Å². The SMILES string of the molecule is O=c1c(Cl)c[nH]c(C(F)F)c1CO. The Labute approximate surface area is 77.0 Å². The molecule has 13 heavy (non-hydrogen) atoms. The molecule has 0 spiro atoms. The van der Waals surface area contributed by atoms with Crippen molar-refractivity contribution in [1.82, 2.24) is 4.98 Å². The van der Waals surface area contributed by atoms with Crippen LogP contribution in [0.4, 0.5) is 8.78 Å². The molecule has 1 aromatic heterocycles. The van der Waals surface area contributed by atoms with Crippen LogP contribution in [0.1, 0.15) is 17.7 Å². The number of aliphatic hydroxyl groups is 1. The van der Waals surface area contributed by atoms with Gasteiger partial charge >= 0.3 is 0 Å². The molecule has 0 atom stereocenters. The van der Waals surface area contributed by atoms with Crippen LogP contribution in [0, 0.1) is 0 Å². The molecule has 1 heterocycles. The van der Waals surface area contributed by atoms with Gasteiger partial charge in [0.05, 0.1) is 17.9 Å². The highest BCUT2D eigenvalue weighted by atomic mass is 35.5. The van der Waals surface area contributed by atoms with Crippen molar-refractivity contribution in [2.45, 2.75) is 13.0 Å². The summed E-state index contributed by atoms with van der Waals surface area (Å²) in [5.41, 5.74) is -1.74. The molecule has 6 heteroatoms. The maximum absolute atomic E-state index is 12.2. The van der Waals surface area contributed by atoms with E-state index >= 15 is 0 Å². The molecule has 0 saturated carbocycles. The Bertz CT molecular complexity index is 364. The smallest absolute Gasteiger partial charge is 0.278 e. The van der Waals surface area contributed by atoms with Gasteiger partial charge < -0.3 is 10.1 Å². The number of H-pyrrole nitrogens is 1. The zero-order valence-electron chi connectivity index (χ0n) is 6.35. The maximum Gasteiger partial charge on any atom is 0.278 e. The lowest BCUT2D eigenvalue weighted by Crippen LogP contribution is -2.14. The Balaban J connectivity index is 3.39. The van der Waals surface area contributed by atoms with E-state index in [1.807, 2.05) is 0 Å². The van der Waals surface area contributed by atoms with Crippen LogP contribution in [0.5, 0.6) is 0 Å². The average molecular weight is 210 g/mol. The molecule has 1 rings (SSSR count). The third-order valence-corrected chi connectivity index (χ3v) is 1.83. The van der Waals surface area contributed by atoms with Gasteiger partial charge in [0, 0.05) is 6.20 Å². The molecule has 0 aromatic carbocycles. The molecule has 0 unspecified atom stereocenters. The van der Waals surface area contributed by atoms with Gasteiger partial charge in [0.2, 0.25) is 5.43 Å². The zero-order chi connectivity index (χ0) is 10.0. The molecule has 0 aliphatic heterocycles. The van der Waals surface area contributed by atoms with E-state index in [1.54, 1.807) is 0 Å². The van der Waals surface area contributed by atoms with Crippen LogP contribution in [0.2, 0.25) is 5.02 Å². The van der Waals surface area contributed by atoms with Gasteiger partial charge in [-0.1, -0.05) is 11.6 Å². The van der Waals surface area contributed by atoms with Gasteiger partial charge in [-0.2, -0.15) is 0 Å². The summed E-state index contributed by atoms with van der Waals surface area (Å²) < 4.78 is 24.4. The number of hydrogen-bond donors (Lipinski definition) is 2. The Hall–Kier alpha value is -0.940. The first kappa shape index (κ1) is 10.1. The first-order chi connectivity index (χ1) is 6.07. The van der Waals surface area contributed by atoms with Crippen LogP contribution in [-0.4, -0.2) is 10.1 Å². The molecule has 0 aliphatic rings. The van der Waals surface area contributed by atoms with Crippen molar-refractivity contribution in [3.63, 3.8) is 0 Å². The number of alkyl halides is 2. The highest BCUT2D eigenvalue weighted by molar-refractivity contribution is 6.30. The van der Waals surface area contributed by atoms with Crippen molar-refractivity contribution < 1.29 is 13.9 Å². The Morgan fingerprint density at radius 3 is 2.69 bits per heavy atom. The summed E-state index contributed by atoms with van der Waals surface area (Å²) in [4.78, 5) is 13.2. The lowest BCUT2D eigenvalue weighted by molar-refractivity contribution is 0.141. The van der Waals surface area contributed by atoms with Crippen LogP contribution < -0.4 is 5.43 Å². The van der Waals surface area contributed by atoms with Gasteiger partial charge in [-0.3, -0.25) is 4.79 Å². The number of rotatable bonds is 2. The number of aliphatic hydroxyl groups excluding tert-OH is 1. The predicted molar refractivity (Wildman–Crippen MR) is 43.0 cm³/mol. The highest BCUT2D eigenvalue weighted by Crippen LogP contribution is 2.19. The van der Waals surface area contributed by atoms with Gasteiger partial charge in [0.15, 0.2) is 0 Å². The molecule has 0 bridgehead atoms. The maximum atomic E-state index is 12.2. The third-order valence-electron chi connectivity index (χ3n) is 1.55. The van der Waals surface area contributed by atoms with E-state index in [1.165, 1.54) is 0 Å². The molecule has 72 valence electrons. The van der Waals surface area contributed by atoms with E-state index in [0.29, 0.717) is 0 Å². The molecule has 3 nitrogen and oxygen atoms in total. The van der Waals surface area contributed by atoms with Crippen molar-refractivity contribution >= 4 is 11.6 Å². The normalized spacial score (nSPS) is 10.8. The van der Waals surface area contributed by atoms with Crippen LogP contribution in [0.15, 0.2) is 11.0 Å². The van der Waals surface area contributed by atoms with Gasteiger partial charge in [-0.15, -0.1) is 0 Å². The lowest BCUT2D eigenvalue weighted by atomic mass is 10.2. The second kappa shape index (κ2) is 3.85. The van der Waals surface area contributed by atoms with Crippen LogP contribution in [-0.2, 0) is 6.61 Å². The van der Waals surface area contributed by atoms with Crippen molar-refractivity contribution in [1.29, 1.82) is 0 Å². The summed E-state index contributed by atoms with van der Waals surface area (Å²) in [7, 11) is 0. The average Bonchev–Trinajstić information content (AvgIpc) is 2.09. The standard InChI is InChI=1S/C7H6ClF2NO2/c8-4-1-11-5(7(9)10)3(2-12)6(4)13/h1,7,12H,2H2,(H,11,13). The number of halogens is 3. The fraction of sp³-hybridized carbons (Fsp3) is 0.286. The number of aromatic nitrogens is 1. The fourth-order valence-corrected chi connectivity index (χ4v) is 1.08. The summed E-state index contributed by atoms with van der Waals surface area (Å²) >= 11 is 5.37. The molecular formula is C7H6ClF2NO2. The zero-order valence-corrected chi connectivity index (χ0v) is 7.11. The molecule has 2 N–H and O–H groups in total. The number of pyridine rings is 1. The summed E-state index contributed by atoms with van der Waals surface area (Å²) in [6.45, 7) is -0.754. The largest absolute Gasteiger partial charge is 0.391 e. The molecule has 0 aliphatic carbocycles. The van der Waals surface area contributed by atoms with Gasteiger partial charge in [-0.05, 0) is 0 Å². The Kier molecular flexibility index (Phi) is 3.00. The van der Waals surface area contributed by atoms with Gasteiger partial charge in [0.1, 0.15) is 5.02 Å². The van der Waals surface area contributed by atoms with Crippen molar-refractivity contribution in [3.8, 4) is 0 Å². The third kappa shape index (κ3) is 1.87. The molecule has 0 radical (unpaired) electrons. The predicted octanol–water partition coefficient (Wildman–Crippen LogP) is 1.46. The summed E-state index contributed by atoms with van der Waals surface area (Å²) in [5.74, 6) is 0. The number of aromatic amines is 1. The Morgan fingerprint density at radius 2 is 2.23 bits per heavy atom. The minimum absolute atomic E-state index is 0.214. The first-order valence-corrected chi connectivity index (χ1v) is 3.74. The summed E-state index contributed by atoms with van der Waals surface area (Å²) in [5, 5.41) is 8.45. The van der Waals surface area contributed by atoms with E-state index in [0.717, 1.165) is 6.20 Å².